The van der Waals surface area contributed by atoms with E-state index >= 15 is 0 Å². The zero-order valence-electron chi connectivity index (χ0n) is 11.9. The monoisotopic (exact) mass is 250 g/mol. The lowest BCUT2D eigenvalue weighted by Gasteiger charge is -2.37. The van der Waals surface area contributed by atoms with Crippen molar-refractivity contribution in [1.29, 1.82) is 0 Å². The van der Waals surface area contributed by atoms with E-state index in [1.807, 2.05) is 6.20 Å². The van der Waals surface area contributed by atoms with Crippen LogP contribution in [0.5, 0.6) is 0 Å². The zero-order chi connectivity index (χ0) is 13.0. The van der Waals surface area contributed by atoms with Gasteiger partial charge in [0.05, 0.1) is 0 Å². The lowest BCUT2D eigenvalue weighted by molar-refractivity contribution is 0.137. The van der Waals surface area contributed by atoms with E-state index in [4.69, 9.17) is 0 Å². The molecule has 1 aliphatic heterocycles. The van der Waals surface area contributed by atoms with Crippen molar-refractivity contribution >= 4 is 0 Å². The number of nitrogens with zero attached hydrogens (tertiary/aromatic N) is 3. The van der Waals surface area contributed by atoms with Crippen LogP contribution < -0.4 is 5.32 Å². The predicted molar refractivity (Wildman–Crippen MR) is 74.6 cm³/mol. The molecule has 1 fully saturated rings. The van der Waals surface area contributed by atoms with E-state index in [-0.39, 0.29) is 0 Å². The quantitative estimate of drug-likeness (QED) is 0.860. The van der Waals surface area contributed by atoms with Crippen molar-refractivity contribution < 1.29 is 0 Å². The molecule has 0 bridgehead atoms. The number of rotatable bonds is 5. The molecule has 1 saturated heterocycles. The number of imidazole rings is 1. The van der Waals surface area contributed by atoms with Crippen molar-refractivity contribution in [3.8, 4) is 0 Å². The zero-order valence-corrected chi connectivity index (χ0v) is 11.9. The summed E-state index contributed by atoms with van der Waals surface area (Å²) in [6.07, 6.45) is 5.25. The van der Waals surface area contributed by atoms with Gasteiger partial charge in [0.25, 0.3) is 0 Å². The summed E-state index contributed by atoms with van der Waals surface area (Å²) in [4.78, 5) is 6.91. The summed E-state index contributed by atoms with van der Waals surface area (Å²) in [5.41, 5.74) is 0. The van der Waals surface area contributed by atoms with Crippen LogP contribution in [0.3, 0.4) is 0 Å². The van der Waals surface area contributed by atoms with Gasteiger partial charge in [-0.05, 0) is 19.3 Å². The average molecular weight is 250 g/mol. The molecule has 1 aromatic rings. The molecular weight excluding hydrogens is 224 g/mol. The molecule has 0 aromatic carbocycles. The summed E-state index contributed by atoms with van der Waals surface area (Å²) in [5.74, 6) is 1.89. The Morgan fingerprint density at radius 1 is 1.44 bits per heavy atom. The van der Waals surface area contributed by atoms with Gasteiger partial charge in [-0.3, -0.25) is 4.90 Å². The maximum atomic E-state index is 4.28. The molecule has 1 atom stereocenters. The Labute approximate surface area is 110 Å². The number of aromatic nitrogens is 2. The van der Waals surface area contributed by atoms with Crippen LogP contribution in [-0.4, -0.2) is 46.7 Å². The first kappa shape index (κ1) is 13.6. The second-order valence-corrected chi connectivity index (χ2v) is 5.69. The van der Waals surface area contributed by atoms with Gasteiger partial charge in [-0.2, -0.15) is 0 Å². The predicted octanol–water partition coefficient (Wildman–Crippen LogP) is 1.51. The second-order valence-electron chi connectivity index (χ2n) is 5.69. The number of hydrogen-bond donors (Lipinski definition) is 1. The minimum atomic E-state index is 0.697. The smallest absolute Gasteiger partial charge is 0.105 e. The molecule has 0 spiro atoms. The minimum Gasteiger partial charge on any atom is -0.334 e. The summed E-state index contributed by atoms with van der Waals surface area (Å²) in [6.45, 7) is 12.3. The molecule has 0 saturated carbocycles. The fraction of sp³-hybridized carbons (Fsp3) is 0.786. The summed E-state index contributed by atoms with van der Waals surface area (Å²) in [6, 6.07) is 0.697. The first-order valence-corrected chi connectivity index (χ1v) is 7.09. The van der Waals surface area contributed by atoms with E-state index in [1.54, 1.807) is 0 Å². The molecule has 1 unspecified atom stereocenters. The fourth-order valence-corrected chi connectivity index (χ4v) is 2.75. The topological polar surface area (TPSA) is 33.1 Å². The van der Waals surface area contributed by atoms with Gasteiger partial charge in [0.2, 0.25) is 0 Å². The molecule has 1 N–H and O–H groups in total. The van der Waals surface area contributed by atoms with Gasteiger partial charge in [0, 0.05) is 51.2 Å². The Morgan fingerprint density at radius 3 is 2.94 bits per heavy atom. The molecule has 0 amide bonds. The molecule has 0 aliphatic carbocycles. The molecule has 2 heterocycles. The first-order valence-electron chi connectivity index (χ1n) is 7.09. The lowest BCUT2D eigenvalue weighted by atomic mass is 10.0. The Morgan fingerprint density at radius 2 is 2.28 bits per heavy atom. The maximum absolute atomic E-state index is 4.28. The van der Waals surface area contributed by atoms with Crippen LogP contribution in [0.4, 0.5) is 0 Å². The van der Waals surface area contributed by atoms with Crippen LogP contribution >= 0.6 is 0 Å². The van der Waals surface area contributed by atoms with Crippen molar-refractivity contribution in [2.75, 3.05) is 26.2 Å². The van der Waals surface area contributed by atoms with Crippen LogP contribution in [0.25, 0.3) is 0 Å². The van der Waals surface area contributed by atoms with Crippen molar-refractivity contribution in [2.45, 2.75) is 39.8 Å². The molecule has 4 nitrogen and oxygen atoms in total. The largest absolute Gasteiger partial charge is 0.334 e. The summed E-state index contributed by atoms with van der Waals surface area (Å²) < 4.78 is 2.24. The third kappa shape index (κ3) is 3.56. The normalized spacial score (nSPS) is 21.7. The molecule has 18 heavy (non-hydrogen) atoms. The Hall–Kier alpha value is -0.870. The van der Waals surface area contributed by atoms with Crippen molar-refractivity contribution in [1.82, 2.24) is 19.8 Å². The molecular formula is C14H26N4. The van der Waals surface area contributed by atoms with Crippen molar-refractivity contribution in [3.05, 3.63) is 18.2 Å². The molecule has 2 rings (SSSR count). The standard InChI is InChI=1S/C14H26N4/c1-12(2)10-14-11-15-4-6-18(14)9-8-17-7-5-16-13(17)3/h5,7,12,14-15H,4,6,8-11H2,1-3H3. The second kappa shape index (κ2) is 6.34. The number of nitrogens with one attached hydrogen (secondary N) is 1. The summed E-state index contributed by atoms with van der Waals surface area (Å²) >= 11 is 0. The molecule has 1 aliphatic rings. The van der Waals surface area contributed by atoms with E-state index in [2.05, 4.69) is 46.7 Å². The highest BCUT2D eigenvalue weighted by molar-refractivity contribution is 4.89. The SMILES string of the molecule is Cc1nccn1CCN1CCNCC1CC(C)C. The number of piperazine rings is 1. The van der Waals surface area contributed by atoms with Gasteiger partial charge in [-0.15, -0.1) is 0 Å². The van der Waals surface area contributed by atoms with E-state index in [0.717, 1.165) is 37.9 Å². The van der Waals surface area contributed by atoms with Crippen LogP contribution in [0.1, 0.15) is 26.1 Å². The van der Waals surface area contributed by atoms with Gasteiger partial charge in [-0.25, -0.2) is 4.98 Å². The van der Waals surface area contributed by atoms with Gasteiger partial charge in [0.15, 0.2) is 0 Å². The average Bonchev–Trinajstić information content (AvgIpc) is 2.73. The highest BCUT2D eigenvalue weighted by Gasteiger charge is 2.22. The van der Waals surface area contributed by atoms with Gasteiger partial charge < -0.3 is 9.88 Å². The van der Waals surface area contributed by atoms with Crippen molar-refractivity contribution in [2.24, 2.45) is 5.92 Å². The Bertz CT molecular complexity index is 358. The summed E-state index contributed by atoms with van der Waals surface area (Å²) in [7, 11) is 0. The van der Waals surface area contributed by atoms with E-state index in [9.17, 15) is 0 Å². The highest BCUT2D eigenvalue weighted by atomic mass is 15.2. The van der Waals surface area contributed by atoms with Crippen LogP contribution in [0.15, 0.2) is 12.4 Å². The third-order valence-corrected chi connectivity index (χ3v) is 3.77. The van der Waals surface area contributed by atoms with Gasteiger partial charge >= 0.3 is 0 Å². The molecule has 1 aromatic heterocycles. The number of aryl methyl sites for hydroxylation is 1. The van der Waals surface area contributed by atoms with Gasteiger partial charge in [0.1, 0.15) is 5.82 Å². The molecule has 0 radical (unpaired) electrons. The number of hydrogen-bond acceptors (Lipinski definition) is 3. The van der Waals surface area contributed by atoms with Crippen molar-refractivity contribution in [3.63, 3.8) is 0 Å². The van der Waals surface area contributed by atoms with Crippen LogP contribution in [0, 0.1) is 12.8 Å². The van der Waals surface area contributed by atoms with E-state index in [0.29, 0.717) is 6.04 Å². The first-order chi connectivity index (χ1) is 8.66. The summed E-state index contributed by atoms with van der Waals surface area (Å²) in [5, 5.41) is 3.51. The van der Waals surface area contributed by atoms with Crippen LogP contribution in [-0.2, 0) is 6.54 Å². The maximum Gasteiger partial charge on any atom is 0.105 e. The minimum absolute atomic E-state index is 0.697. The van der Waals surface area contributed by atoms with E-state index in [1.165, 1.54) is 13.0 Å². The highest BCUT2D eigenvalue weighted by Crippen LogP contribution is 2.13. The molecule has 4 heteroatoms. The van der Waals surface area contributed by atoms with Crippen LogP contribution in [0.2, 0.25) is 0 Å². The van der Waals surface area contributed by atoms with Gasteiger partial charge in [-0.1, -0.05) is 13.8 Å². The third-order valence-electron chi connectivity index (χ3n) is 3.77. The molecule has 102 valence electrons. The fourth-order valence-electron chi connectivity index (χ4n) is 2.75. The Kier molecular flexibility index (Phi) is 4.78. The lowest BCUT2D eigenvalue weighted by Crippen LogP contribution is -2.52. The van der Waals surface area contributed by atoms with E-state index < -0.39 is 0 Å². The Balaban J connectivity index is 1.87.